The zero-order valence-electron chi connectivity index (χ0n) is 10.9. The van der Waals surface area contributed by atoms with Gasteiger partial charge in [0.1, 0.15) is 11.5 Å². The number of hydrogen-bond acceptors (Lipinski definition) is 4. The van der Waals surface area contributed by atoms with Gasteiger partial charge in [0.2, 0.25) is 0 Å². The Morgan fingerprint density at radius 2 is 2.06 bits per heavy atom. The standard InChI is InChI=1S/C14H20O4/c1-3-8-17-13-6-5-12(10-16)14(11(13)2)18-9-4-7-15/h5-6,10,15H,3-4,7-9H2,1-2H3. The Bertz CT molecular complexity index is 388. The molecule has 0 spiro atoms. The Hall–Kier alpha value is -1.55. The molecule has 1 aromatic carbocycles. The first-order valence-electron chi connectivity index (χ1n) is 6.19. The van der Waals surface area contributed by atoms with Crippen LogP contribution in [0.5, 0.6) is 11.5 Å². The van der Waals surface area contributed by atoms with E-state index in [9.17, 15) is 4.79 Å². The monoisotopic (exact) mass is 252 g/mol. The molecule has 0 aromatic heterocycles. The first-order chi connectivity index (χ1) is 8.74. The molecule has 0 aliphatic rings. The lowest BCUT2D eigenvalue weighted by atomic mass is 10.1. The third-order valence-corrected chi connectivity index (χ3v) is 2.52. The van der Waals surface area contributed by atoms with E-state index >= 15 is 0 Å². The maximum atomic E-state index is 11.0. The number of carbonyl (C=O) groups is 1. The van der Waals surface area contributed by atoms with Crippen molar-refractivity contribution in [3.05, 3.63) is 23.3 Å². The zero-order chi connectivity index (χ0) is 13.4. The molecule has 4 nitrogen and oxygen atoms in total. The van der Waals surface area contributed by atoms with E-state index in [0.29, 0.717) is 30.9 Å². The van der Waals surface area contributed by atoms with Gasteiger partial charge in [0.15, 0.2) is 6.29 Å². The molecule has 0 fully saturated rings. The lowest BCUT2D eigenvalue weighted by molar-refractivity contribution is 0.111. The average molecular weight is 252 g/mol. The minimum absolute atomic E-state index is 0.0709. The first kappa shape index (κ1) is 14.5. The molecule has 0 bridgehead atoms. The topological polar surface area (TPSA) is 55.8 Å². The third-order valence-electron chi connectivity index (χ3n) is 2.52. The van der Waals surface area contributed by atoms with Crippen molar-refractivity contribution in [2.24, 2.45) is 0 Å². The largest absolute Gasteiger partial charge is 0.493 e. The molecule has 1 N–H and O–H groups in total. The number of aliphatic hydroxyl groups excluding tert-OH is 1. The third kappa shape index (κ3) is 3.74. The Morgan fingerprint density at radius 3 is 2.67 bits per heavy atom. The number of carbonyl (C=O) groups excluding carboxylic acids is 1. The number of aldehydes is 1. The number of hydrogen-bond donors (Lipinski definition) is 1. The van der Waals surface area contributed by atoms with Crippen molar-refractivity contribution >= 4 is 6.29 Å². The quantitative estimate of drug-likeness (QED) is 0.570. The van der Waals surface area contributed by atoms with Crippen molar-refractivity contribution in [1.82, 2.24) is 0 Å². The highest BCUT2D eigenvalue weighted by atomic mass is 16.5. The maximum Gasteiger partial charge on any atom is 0.153 e. The van der Waals surface area contributed by atoms with Gasteiger partial charge in [-0.2, -0.15) is 0 Å². The molecule has 0 aliphatic carbocycles. The van der Waals surface area contributed by atoms with E-state index in [0.717, 1.165) is 24.0 Å². The summed E-state index contributed by atoms with van der Waals surface area (Å²) in [4.78, 5) is 11.0. The summed E-state index contributed by atoms with van der Waals surface area (Å²) in [5.74, 6) is 1.29. The minimum atomic E-state index is 0.0709. The number of ether oxygens (including phenoxy) is 2. The number of rotatable bonds is 8. The van der Waals surface area contributed by atoms with Crippen molar-refractivity contribution < 1.29 is 19.4 Å². The van der Waals surface area contributed by atoms with Gasteiger partial charge in [-0.25, -0.2) is 0 Å². The van der Waals surface area contributed by atoms with Crippen molar-refractivity contribution in [3.63, 3.8) is 0 Å². The molecule has 0 heterocycles. The minimum Gasteiger partial charge on any atom is -0.493 e. The van der Waals surface area contributed by atoms with E-state index in [1.54, 1.807) is 12.1 Å². The van der Waals surface area contributed by atoms with Gasteiger partial charge < -0.3 is 14.6 Å². The molecule has 0 saturated carbocycles. The second-order valence-electron chi connectivity index (χ2n) is 4.00. The lowest BCUT2D eigenvalue weighted by Crippen LogP contribution is -2.05. The summed E-state index contributed by atoms with van der Waals surface area (Å²) in [6.07, 6.45) is 2.23. The van der Waals surface area contributed by atoms with Gasteiger partial charge in [-0.15, -0.1) is 0 Å². The average Bonchev–Trinajstić information content (AvgIpc) is 2.39. The summed E-state index contributed by atoms with van der Waals surface area (Å²) < 4.78 is 11.1. The molecule has 4 heteroatoms. The van der Waals surface area contributed by atoms with Crippen molar-refractivity contribution in [2.45, 2.75) is 26.7 Å². The van der Waals surface area contributed by atoms with Gasteiger partial charge in [-0.3, -0.25) is 4.79 Å². The predicted octanol–water partition coefficient (Wildman–Crippen LogP) is 2.36. The van der Waals surface area contributed by atoms with E-state index in [-0.39, 0.29) is 6.61 Å². The van der Waals surface area contributed by atoms with Crippen LogP contribution in [0.2, 0.25) is 0 Å². The van der Waals surface area contributed by atoms with E-state index in [1.165, 1.54) is 0 Å². The van der Waals surface area contributed by atoms with Crippen molar-refractivity contribution in [3.8, 4) is 11.5 Å². The molecular weight excluding hydrogens is 232 g/mol. The van der Waals surface area contributed by atoms with Crippen LogP contribution in [0.25, 0.3) is 0 Å². The van der Waals surface area contributed by atoms with Crippen LogP contribution in [-0.2, 0) is 0 Å². The van der Waals surface area contributed by atoms with Crippen molar-refractivity contribution in [1.29, 1.82) is 0 Å². The summed E-state index contributed by atoms with van der Waals surface area (Å²) in [6.45, 7) is 4.99. The van der Waals surface area contributed by atoms with E-state index in [1.807, 2.05) is 13.8 Å². The molecule has 0 aliphatic heterocycles. The Balaban J connectivity index is 2.91. The zero-order valence-corrected chi connectivity index (χ0v) is 10.9. The molecule has 0 atom stereocenters. The van der Waals surface area contributed by atoms with E-state index in [4.69, 9.17) is 14.6 Å². The highest BCUT2D eigenvalue weighted by Gasteiger charge is 2.11. The summed E-state index contributed by atoms with van der Waals surface area (Å²) in [5, 5.41) is 8.74. The van der Waals surface area contributed by atoms with Crippen LogP contribution in [0.15, 0.2) is 12.1 Å². The first-order valence-corrected chi connectivity index (χ1v) is 6.19. The molecular formula is C14H20O4. The normalized spacial score (nSPS) is 10.2. The Morgan fingerprint density at radius 1 is 1.28 bits per heavy atom. The molecule has 0 unspecified atom stereocenters. The van der Waals surface area contributed by atoms with Crippen LogP contribution in [0.1, 0.15) is 35.7 Å². The number of aliphatic hydroxyl groups is 1. The predicted molar refractivity (Wildman–Crippen MR) is 69.6 cm³/mol. The van der Waals surface area contributed by atoms with Gasteiger partial charge in [0.25, 0.3) is 0 Å². The van der Waals surface area contributed by atoms with Gasteiger partial charge >= 0.3 is 0 Å². The van der Waals surface area contributed by atoms with E-state index < -0.39 is 0 Å². The molecule has 1 aromatic rings. The number of benzene rings is 1. The van der Waals surface area contributed by atoms with Crippen LogP contribution in [0.3, 0.4) is 0 Å². The summed E-state index contributed by atoms with van der Waals surface area (Å²) in [6, 6.07) is 3.48. The fraction of sp³-hybridized carbons (Fsp3) is 0.500. The fourth-order valence-corrected chi connectivity index (χ4v) is 1.59. The molecule has 0 amide bonds. The molecule has 18 heavy (non-hydrogen) atoms. The van der Waals surface area contributed by atoms with Crippen molar-refractivity contribution in [2.75, 3.05) is 19.8 Å². The summed E-state index contributed by atoms with van der Waals surface area (Å²) >= 11 is 0. The molecule has 0 saturated heterocycles. The Kier molecular flexibility index (Phi) is 6.22. The second kappa shape index (κ2) is 7.71. The van der Waals surface area contributed by atoms with Gasteiger partial charge in [0.05, 0.1) is 18.8 Å². The van der Waals surface area contributed by atoms with Crippen LogP contribution < -0.4 is 9.47 Å². The molecule has 0 radical (unpaired) electrons. The van der Waals surface area contributed by atoms with E-state index in [2.05, 4.69) is 0 Å². The van der Waals surface area contributed by atoms with Crippen LogP contribution in [0.4, 0.5) is 0 Å². The second-order valence-corrected chi connectivity index (χ2v) is 4.00. The maximum absolute atomic E-state index is 11.0. The van der Waals surface area contributed by atoms with Gasteiger partial charge in [0, 0.05) is 18.6 Å². The summed E-state index contributed by atoms with van der Waals surface area (Å²) in [5.41, 5.74) is 1.33. The van der Waals surface area contributed by atoms with Crippen LogP contribution in [0, 0.1) is 6.92 Å². The molecule has 1 rings (SSSR count). The van der Waals surface area contributed by atoms with Gasteiger partial charge in [-0.1, -0.05) is 6.92 Å². The lowest BCUT2D eigenvalue weighted by Gasteiger charge is -2.15. The summed E-state index contributed by atoms with van der Waals surface area (Å²) in [7, 11) is 0. The fourth-order valence-electron chi connectivity index (χ4n) is 1.59. The highest BCUT2D eigenvalue weighted by Crippen LogP contribution is 2.31. The van der Waals surface area contributed by atoms with Crippen LogP contribution in [-0.4, -0.2) is 31.2 Å². The highest BCUT2D eigenvalue weighted by molar-refractivity contribution is 5.81. The SMILES string of the molecule is CCCOc1ccc(C=O)c(OCCCO)c1C. The smallest absolute Gasteiger partial charge is 0.153 e. The molecule has 100 valence electrons. The Labute approximate surface area is 108 Å². The van der Waals surface area contributed by atoms with Gasteiger partial charge in [-0.05, 0) is 25.5 Å². The van der Waals surface area contributed by atoms with Crippen LogP contribution >= 0.6 is 0 Å².